The maximum atomic E-state index is 4.52. The number of rotatable bonds is 5. The van der Waals surface area contributed by atoms with E-state index in [0.29, 0.717) is 6.04 Å². The number of nitrogens with zero attached hydrogens (tertiary/aromatic N) is 3. The molecule has 0 radical (unpaired) electrons. The molecule has 1 aliphatic rings. The Morgan fingerprint density at radius 2 is 2.05 bits per heavy atom. The van der Waals surface area contributed by atoms with Crippen molar-refractivity contribution < 1.29 is 0 Å². The number of benzene rings is 1. The normalized spacial score (nSPS) is 18.6. The third kappa shape index (κ3) is 2.86. The summed E-state index contributed by atoms with van der Waals surface area (Å²) in [5.74, 6) is 1.05. The van der Waals surface area contributed by atoms with Gasteiger partial charge in [-0.25, -0.2) is 0 Å². The Hall–Kier alpha value is -1.68. The van der Waals surface area contributed by atoms with Crippen molar-refractivity contribution in [1.29, 1.82) is 0 Å². The van der Waals surface area contributed by atoms with Crippen LogP contribution in [0.3, 0.4) is 0 Å². The molecule has 0 aliphatic carbocycles. The summed E-state index contributed by atoms with van der Waals surface area (Å²) < 4.78 is 0. The summed E-state index contributed by atoms with van der Waals surface area (Å²) in [5.41, 5.74) is 1.01. The Morgan fingerprint density at radius 3 is 2.86 bits per heavy atom. The number of hydrogen-bond donors (Lipinski definition) is 1. The Bertz CT molecular complexity index is 611. The molecule has 0 saturated carbocycles. The molecule has 1 atom stereocenters. The highest BCUT2D eigenvalue weighted by Crippen LogP contribution is 2.30. The molecule has 1 aromatic heterocycles. The van der Waals surface area contributed by atoms with Gasteiger partial charge in [0, 0.05) is 29.9 Å². The van der Waals surface area contributed by atoms with E-state index in [0.717, 1.165) is 31.1 Å². The van der Waals surface area contributed by atoms with Crippen molar-refractivity contribution in [1.82, 2.24) is 15.5 Å². The number of fused-ring (bicyclic) bond motifs is 1. The van der Waals surface area contributed by atoms with Gasteiger partial charge in [0.15, 0.2) is 5.82 Å². The second-order valence-corrected chi connectivity index (χ2v) is 5.85. The Kier molecular flexibility index (Phi) is 4.34. The van der Waals surface area contributed by atoms with Crippen LogP contribution in [0.15, 0.2) is 24.3 Å². The molecule has 1 unspecified atom stereocenters. The third-order valence-electron chi connectivity index (χ3n) is 4.31. The topological polar surface area (TPSA) is 41.0 Å². The van der Waals surface area contributed by atoms with Crippen molar-refractivity contribution >= 4 is 16.6 Å². The molecule has 1 aliphatic heterocycles. The van der Waals surface area contributed by atoms with E-state index in [1.165, 1.54) is 30.0 Å². The minimum absolute atomic E-state index is 0.539. The monoisotopic (exact) mass is 284 g/mol. The molecule has 1 N–H and O–H groups in total. The van der Waals surface area contributed by atoms with Gasteiger partial charge in [-0.3, -0.25) is 0 Å². The van der Waals surface area contributed by atoms with E-state index in [4.69, 9.17) is 0 Å². The average Bonchev–Trinajstić information content (AvgIpc) is 2.97. The smallest absolute Gasteiger partial charge is 0.159 e. The van der Waals surface area contributed by atoms with Crippen LogP contribution < -0.4 is 10.2 Å². The van der Waals surface area contributed by atoms with E-state index in [-0.39, 0.29) is 0 Å². The van der Waals surface area contributed by atoms with Crippen LogP contribution in [0, 0.1) is 6.92 Å². The SMILES string of the molecule is CCCNCC1CCCN1c1nnc(C)c2ccccc12. The number of aryl methyl sites for hydroxylation is 1. The zero-order valence-electron chi connectivity index (χ0n) is 13.0. The highest BCUT2D eigenvalue weighted by Gasteiger charge is 2.27. The molecule has 1 fully saturated rings. The van der Waals surface area contributed by atoms with Crippen LogP contribution in [0.2, 0.25) is 0 Å². The predicted molar refractivity (Wildman–Crippen MR) is 87.8 cm³/mol. The molecule has 2 heterocycles. The minimum Gasteiger partial charge on any atom is -0.350 e. The van der Waals surface area contributed by atoms with E-state index in [2.05, 4.69) is 51.6 Å². The quantitative estimate of drug-likeness (QED) is 0.857. The summed E-state index contributed by atoms with van der Waals surface area (Å²) in [4.78, 5) is 2.44. The van der Waals surface area contributed by atoms with Gasteiger partial charge in [-0.2, -0.15) is 5.10 Å². The van der Waals surface area contributed by atoms with Crippen LogP contribution in [0.5, 0.6) is 0 Å². The average molecular weight is 284 g/mol. The number of nitrogens with one attached hydrogen (secondary N) is 1. The first-order valence-corrected chi connectivity index (χ1v) is 8.00. The van der Waals surface area contributed by atoms with Crippen LogP contribution in [-0.4, -0.2) is 35.9 Å². The summed E-state index contributed by atoms with van der Waals surface area (Å²) in [5, 5.41) is 14.9. The maximum Gasteiger partial charge on any atom is 0.159 e. The lowest BCUT2D eigenvalue weighted by Crippen LogP contribution is -2.38. The largest absolute Gasteiger partial charge is 0.350 e. The van der Waals surface area contributed by atoms with Gasteiger partial charge in [0.05, 0.1) is 5.69 Å². The molecule has 1 aromatic carbocycles. The van der Waals surface area contributed by atoms with Crippen molar-refractivity contribution in [3.63, 3.8) is 0 Å². The first-order valence-electron chi connectivity index (χ1n) is 8.00. The second-order valence-electron chi connectivity index (χ2n) is 5.85. The lowest BCUT2D eigenvalue weighted by molar-refractivity contribution is 0.568. The summed E-state index contributed by atoms with van der Waals surface area (Å²) in [7, 11) is 0. The van der Waals surface area contributed by atoms with Gasteiger partial charge in [-0.1, -0.05) is 31.2 Å². The number of anilines is 1. The predicted octanol–water partition coefficient (Wildman–Crippen LogP) is 2.91. The molecular weight excluding hydrogens is 260 g/mol. The van der Waals surface area contributed by atoms with Gasteiger partial charge in [-0.15, -0.1) is 5.10 Å². The van der Waals surface area contributed by atoms with Crippen molar-refractivity contribution in [3.05, 3.63) is 30.0 Å². The van der Waals surface area contributed by atoms with Crippen LogP contribution in [-0.2, 0) is 0 Å². The number of aromatic nitrogens is 2. The molecule has 4 heteroatoms. The standard InChI is InChI=1S/C17H24N4/c1-3-10-18-12-14-7-6-11-21(14)17-16-9-5-4-8-15(16)13(2)19-20-17/h4-5,8-9,14,18H,3,6-7,10-12H2,1-2H3. The first-order chi connectivity index (χ1) is 10.3. The van der Waals surface area contributed by atoms with E-state index in [1.807, 2.05) is 6.92 Å². The molecule has 0 spiro atoms. The van der Waals surface area contributed by atoms with Gasteiger partial charge < -0.3 is 10.2 Å². The molecule has 112 valence electrons. The van der Waals surface area contributed by atoms with Crippen LogP contribution in [0.25, 0.3) is 10.8 Å². The van der Waals surface area contributed by atoms with Crippen LogP contribution in [0.4, 0.5) is 5.82 Å². The summed E-state index contributed by atoms with van der Waals surface area (Å²) in [6.45, 7) is 7.45. The molecule has 2 aromatic rings. The Morgan fingerprint density at radius 1 is 1.24 bits per heavy atom. The van der Waals surface area contributed by atoms with Crippen LogP contribution in [0.1, 0.15) is 31.9 Å². The van der Waals surface area contributed by atoms with Gasteiger partial charge >= 0.3 is 0 Å². The van der Waals surface area contributed by atoms with Gasteiger partial charge in [0.1, 0.15) is 0 Å². The zero-order chi connectivity index (χ0) is 14.7. The molecule has 21 heavy (non-hydrogen) atoms. The summed E-state index contributed by atoms with van der Waals surface area (Å²) >= 11 is 0. The third-order valence-corrected chi connectivity index (χ3v) is 4.31. The van der Waals surface area contributed by atoms with Crippen molar-refractivity contribution in [3.8, 4) is 0 Å². The van der Waals surface area contributed by atoms with E-state index in [9.17, 15) is 0 Å². The highest BCUT2D eigenvalue weighted by molar-refractivity contribution is 5.93. The van der Waals surface area contributed by atoms with Crippen molar-refractivity contribution in [2.45, 2.75) is 39.2 Å². The maximum absolute atomic E-state index is 4.52. The fourth-order valence-electron chi connectivity index (χ4n) is 3.21. The lowest BCUT2D eigenvalue weighted by Gasteiger charge is -2.27. The molecule has 3 rings (SSSR count). The van der Waals surface area contributed by atoms with Crippen molar-refractivity contribution in [2.75, 3.05) is 24.5 Å². The summed E-state index contributed by atoms with van der Waals surface area (Å²) in [6, 6.07) is 9.01. The number of hydrogen-bond acceptors (Lipinski definition) is 4. The van der Waals surface area contributed by atoms with Crippen LogP contribution >= 0.6 is 0 Å². The lowest BCUT2D eigenvalue weighted by atomic mass is 10.1. The highest BCUT2D eigenvalue weighted by atomic mass is 15.3. The zero-order valence-corrected chi connectivity index (χ0v) is 13.0. The van der Waals surface area contributed by atoms with E-state index >= 15 is 0 Å². The molecular formula is C17H24N4. The molecule has 0 bridgehead atoms. The Labute approximate surface area is 126 Å². The van der Waals surface area contributed by atoms with Crippen molar-refractivity contribution in [2.24, 2.45) is 0 Å². The molecule has 1 saturated heterocycles. The fourth-order valence-corrected chi connectivity index (χ4v) is 3.21. The summed E-state index contributed by atoms with van der Waals surface area (Å²) in [6.07, 6.45) is 3.66. The van der Waals surface area contributed by atoms with Gasteiger partial charge in [0.25, 0.3) is 0 Å². The van der Waals surface area contributed by atoms with Gasteiger partial charge in [0.2, 0.25) is 0 Å². The molecule has 0 amide bonds. The Balaban J connectivity index is 1.90. The second kappa shape index (κ2) is 6.39. The minimum atomic E-state index is 0.539. The van der Waals surface area contributed by atoms with Gasteiger partial charge in [-0.05, 0) is 32.7 Å². The van der Waals surface area contributed by atoms with E-state index in [1.54, 1.807) is 0 Å². The molecule has 4 nitrogen and oxygen atoms in total. The van der Waals surface area contributed by atoms with E-state index < -0.39 is 0 Å². The fraction of sp³-hybridized carbons (Fsp3) is 0.529. The first kappa shape index (κ1) is 14.3.